The highest BCUT2D eigenvalue weighted by Gasteiger charge is 2.11. The molecule has 1 heterocycles. The molecule has 0 fully saturated rings. The van der Waals surface area contributed by atoms with Gasteiger partial charge in [-0.3, -0.25) is 4.99 Å². The van der Waals surface area contributed by atoms with Crippen LogP contribution in [0.2, 0.25) is 0 Å². The summed E-state index contributed by atoms with van der Waals surface area (Å²) in [6.07, 6.45) is 0. The molecule has 2 N–H and O–H groups in total. The van der Waals surface area contributed by atoms with Gasteiger partial charge in [-0.25, -0.2) is 4.39 Å². The topological polar surface area (TPSA) is 36.4 Å². The third kappa shape index (κ3) is 2.46. The Kier molecular flexibility index (Phi) is 2.85. The van der Waals surface area contributed by atoms with Gasteiger partial charge in [0.25, 0.3) is 0 Å². The monoisotopic (exact) mass is 207 g/mol. The van der Waals surface area contributed by atoms with Crippen LogP contribution in [-0.2, 0) is 6.54 Å². The fourth-order valence-electron chi connectivity index (χ4n) is 1.48. The van der Waals surface area contributed by atoms with Crippen LogP contribution >= 0.6 is 0 Å². The molecule has 1 aliphatic heterocycles. The lowest BCUT2D eigenvalue weighted by atomic mass is 10.2. The Bertz CT molecular complexity index is 376. The van der Waals surface area contributed by atoms with Gasteiger partial charge in [-0.1, -0.05) is 18.2 Å². The third-order valence-electron chi connectivity index (χ3n) is 2.31. The number of nitrogens with one attached hydrogen (secondary N) is 2. The molecule has 0 saturated carbocycles. The summed E-state index contributed by atoms with van der Waals surface area (Å²) in [5.41, 5.74) is 0.654. The van der Waals surface area contributed by atoms with Crippen LogP contribution in [0.4, 0.5) is 4.39 Å². The summed E-state index contributed by atoms with van der Waals surface area (Å²) in [5, 5.41) is 6.23. The average Bonchev–Trinajstić information content (AvgIpc) is 2.63. The second-order valence-corrected chi connectivity index (χ2v) is 3.68. The van der Waals surface area contributed by atoms with E-state index in [-0.39, 0.29) is 5.82 Å². The second kappa shape index (κ2) is 4.29. The van der Waals surface area contributed by atoms with Gasteiger partial charge in [0.2, 0.25) is 0 Å². The van der Waals surface area contributed by atoms with Gasteiger partial charge >= 0.3 is 0 Å². The van der Waals surface area contributed by atoms with Crippen LogP contribution in [0.1, 0.15) is 12.5 Å². The van der Waals surface area contributed by atoms with E-state index < -0.39 is 0 Å². The van der Waals surface area contributed by atoms with Crippen molar-refractivity contribution >= 4 is 5.96 Å². The number of benzene rings is 1. The van der Waals surface area contributed by atoms with E-state index in [2.05, 4.69) is 22.5 Å². The second-order valence-electron chi connectivity index (χ2n) is 3.68. The van der Waals surface area contributed by atoms with E-state index in [9.17, 15) is 4.39 Å². The Balaban J connectivity index is 1.91. The van der Waals surface area contributed by atoms with Crippen molar-refractivity contribution in [2.75, 3.05) is 6.54 Å². The lowest BCUT2D eigenvalue weighted by Gasteiger charge is -2.09. The molecule has 3 nitrogen and oxygen atoms in total. The molecule has 0 radical (unpaired) electrons. The molecular formula is C11H14FN3. The number of hydrogen-bond donors (Lipinski definition) is 2. The molecule has 0 bridgehead atoms. The lowest BCUT2D eigenvalue weighted by Crippen LogP contribution is -2.37. The summed E-state index contributed by atoms with van der Waals surface area (Å²) in [6, 6.07) is 7.11. The Hall–Kier alpha value is -1.58. The van der Waals surface area contributed by atoms with Crippen molar-refractivity contribution < 1.29 is 4.39 Å². The number of hydrogen-bond acceptors (Lipinski definition) is 3. The zero-order valence-corrected chi connectivity index (χ0v) is 8.63. The first-order chi connectivity index (χ1) is 7.25. The number of rotatable bonds is 2. The fourth-order valence-corrected chi connectivity index (χ4v) is 1.48. The molecule has 0 aromatic heterocycles. The maximum atomic E-state index is 13.2. The van der Waals surface area contributed by atoms with Crippen LogP contribution < -0.4 is 10.6 Å². The van der Waals surface area contributed by atoms with E-state index in [0.29, 0.717) is 18.2 Å². The highest BCUT2D eigenvalue weighted by molar-refractivity contribution is 5.81. The van der Waals surface area contributed by atoms with Crippen LogP contribution in [0.15, 0.2) is 29.3 Å². The number of aliphatic imine (C=N–C) groups is 1. The number of guanidine groups is 1. The molecule has 1 aliphatic rings. The lowest BCUT2D eigenvalue weighted by molar-refractivity contribution is 0.605. The zero-order chi connectivity index (χ0) is 10.7. The van der Waals surface area contributed by atoms with Crippen LogP contribution in [0.5, 0.6) is 0 Å². The molecule has 1 aromatic carbocycles. The van der Waals surface area contributed by atoms with Crippen LogP contribution in [0, 0.1) is 5.82 Å². The maximum Gasteiger partial charge on any atom is 0.191 e. The average molecular weight is 207 g/mol. The van der Waals surface area contributed by atoms with E-state index in [1.807, 2.05) is 6.07 Å². The summed E-state index contributed by atoms with van der Waals surface area (Å²) in [4.78, 5) is 4.23. The Morgan fingerprint density at radius 3 is 3.00 bits per heavy atom. The first kappa shape index (κ1) is 9.96. The van der Waals surface area contributed by atoms with Gasteiger partial charge in [-0.05, 0) is 13.0 Å². The Morgan fingerprint density at radius 1 is 1.53 bits per heavy atom. The molecule has 1 atom stereocenters. The van der Waals surface area contributed by atoms with Crippen molar-refractivity contribution in [2.24, 2.45) is 4.99 Å². The molecular weight excluding hydrogens is 193 g/mol. The summed E-state index contributed by atoms with van der Waals surface area (Å²) in [5.74, 6) is 0.572. The van der Waals surface area contributed by atoms with E-state index in [0.717, 1.165) is 12.5 Å². The fraction of sp³-hybridized carbons (Fsp3) is 0.364. The first-order valence-electron chi connectivity index (χ1n) is 5.04. The van der Waals surface area contributed by atoms with Crippen LogP contribution in [0.3, 0.4) is 0 Å². The van der Waals surface area contributed by atoms with E-state index in [1.54, 1.807) is 12.1 Å². The van der Waals surface area contributed by atoms with Crippen LogP contribution in [0.25, 0.3) is 0 Å². The molecule has 1 aromatic rings. The van der Waals surface area contributed by atoms with Gasteiger partial charge in [0.1, 0.15) is 5.82 Å². The van der Waals surface area contributed by atoms with E-state index >= 15 is 0 Å². The summed E-state index contributed by atoms with van der Waals surface area (Å²) >= 11 is 0. The van der Waals surface area contributed by atoms with Gasteiger partial charge in [-0.15, -0.1) is 0 Å². The summed E-state index contributed by atoms with van der Waals surface area (Å²) in [7, 11) is 0. The highest BCUT2D eigenvalue weighted by atomic mass is 19.1. The van der Waals surface area contributed by atoms with Crippen molar-refractivity contribution in [1.29, 1.82) is 0 Å². The van der Waals surface area contributed by atoms with Gasteiger partial charge in [0.15, 0.2) is 5.96 Å². The zero-order valence-electron chi connectivity index (χ0n) is 8.63. The molecule has 0 amide bonds. The minimum Gasteiger partial charge on any atom is -0.352 e. The van der Waals surface area contributed by atoms with Crippen LogP contribution in [-0.4, -0.2) is 18.5 Å². The maximum absolute atomic E-state index is 13.2. The van der Waals surface area contributed by atoms with Crippen molar-refractivity contribution in [2.45, 2.75) is 19.5 Å². The molecule has 0 saturated heterocycles. The molecule has 0 spiro atoms. The Morgan fingerprint density at radius 2 is 2.33 bits per heavy atom. The van der Waals surface area contributed by atoms with Gasteiger partial charge in [-0.2, -0.15) is 0 Å². The standard InChI is InChI=1S/C11H14FN3/c1-8-6-13-11(15-8)14-7-9-4-2-3-5-10(9)12/h2-5,8H,6-7H2,1H3,(H2,13,14,15). The summed E-state index contributed by atoms with van der Waals surface area (Å²) in [6.45, 7) is 3.30. The SMILES string of the molecule is CC1CN=C(NCc2ccccc2F)N1. The quantitative estimate of drug-likeness (QED) is 0.766. The molecule has 0 aliphatic carbocycles. The first-order valence-corrected chi connectivity index (χ1v) is 5.04. The van der Waals surface area contributed by atoms with Crippen molar-refractivity contribution in [3.8, 4) is 0 Å². The van der Waals surface area contributed by atoms with Crippen molar-refractivity contribution in [3.05, 3.63) is 35.6 Å². The van der Waals surface area contributed by atoms with Crippen molar-refractivity contribution in [3.63, 3.8) is 0 Å². The predicted molar refractivity (Wildman–Crippen MR) is 58.1 cm³/mol. The predicted octanol–water partition coefficient (Wildman–Crippen LogP) is 1.26. The smallest absolute Gasteiger partial charge is 0.191 e. The molecule has 2 rings (SSSR count). The van der Waals surface area contributed by atoms with E-state index in [4.69, 9.17) is 0 Å². The molecule has 4 heteroatoms. The largest absolute Gasteiger partial charge is 0.352 e. The molecule has 15 heavy (non-hydrogen) atoms. The van der Waals surface area contributed by atoms with Gasteiger partial charge in [0, 0.05) is 18.2 Å². The normalized spacial score (nSPS) is 19.6. The Labute approximate surface area is 88.4 Å². The minimum absolute atomic E-state index is 0.184. The molecule has 80 valence electrons. The summed E-state index contributed by atoms with van der Waals surface area (Å²) < 4.78 is 13.2. The molecule has 1 unspecified atom stereocenters. The van der Waals surface area contributed by atoms with Crippen molar-refractivity contribution in [1.82, 2.24) is 10.6 Å². The highest BCUT2D eigenvalue weighted by Crippen LogP contribution is 2.05. The number of nitrogens with zero attached hydrogens (tertiary/aromatic N) is 1. The minimum atomic E-state index is -0.184. The van der Waals surface area contributed by atoms with Gasteiger partial charge in [0.05, 0.1) is 6.54 Å². The van der Waals surface area contributed by atoms with Gasteiger partial charge < -0.3 is 10.6 Å². The third-order valence-corrected chi connectivity index (χ3v) is 2.31. The number of halogens is 1. The van der Waals surface area contributed by atoms with E-state index in [1.165, 1.54) is 6.07 Å².